The predicted molar refractivity (Wildman–Crippen MR) is 127 cm³/mol. The lowest BCUT2D eigenvalue weighted by Crippen LogP contribution is -2.43. The second-order valence-electron chi connectivity index (χ2n) is 9.34. The van der Waals surface area contributed by atoms with Gasteiger partial charge in [-0.3, -0.25) is 4.68 Å². The Balaban J connectivity index is 1.47. The van der Waals surface area contributed by atoms with Crippen molar-refractivity contribution in [1.82, 2.24) is 29.9 Å². The average Bonchev–Trinajstić information content (AvgIpc) is 3.29. The van der Waals surface area contributed by atoms with Crippen molar-refractivity contribution in [3.63, 3.8) is 0 Å². The summed E-state index contributed by atoms with van der Waals surface area (Å²) >= 11 is 0. The number of aromatic nitrogens is 5. The van der Waals surface area contributed by atoms with Gasteiger partial charge in [-0.1, -0.05) is 0 Å². The summed E-state index contributed by atoms with van der Waals surface area (Å²) in [4.78, 5) is 4.46. The lowest BCUT2D eigenvalue weighted by Gasteiger charge is -2.32. The Kier molecular flexibility index (Phi) is 6.07. The number of pyridine rings is 1. The van der Waals surface area contributed by atoms with Gasteiger partial charge in [0.25, 0.3) is 0 Å². The van der Waals surface area contributed by atoms with E-state index in [1.807, 2.05) is 24.0 Å². The van der Waals surface area contributed by atoms with E-state index in [1.165, 1.54) is 12.8 Å². The van der Waals surface area contributed by atoms with Crippen LogP contribution in [0.3, 0.4) is 0 Å². The standard InChI is InChI=1S/C24H33N7O2/c1-15-7-19(10-25-24(15)32-4)22-21-5-6-33-14-26-23(21)31(29-22)20-11-27-30(13-20)12-18-8-16(2)28-17(3)9-18/h7,10-11,13,16-18,26,28H,5-6,8-9,12,14H2,1-4H3/t16-,17+,18?. The number of rotatable bonds is 5. The molecule has 3 aromatic heterocycles. The van der Waals surface area contributed by atoms with Gasteiger partial charge in [-0.05, 0) is 45.6 Å². The first-order valence-corrected chi connectivity index (χ1v) is 11.7. The fourth-order valence-corrected chi connectivity index (χ4v) is 5.25. The smallest absolute Gasteiger partial charge is 0.215 e. The van der Waals surface area contributed by atoms with Gasteiger partial charge < -0.3 is 20.1 Å². The molecule has 5 heterocycles. The maximum absolute atomic E-state index is 5.69. The van der Waals surface area contributed by atoms with Gasteiger partial charge >= 0.3 is 0 Å². The lowest BCUT2D eigenvalue weighted by molar-refractivity contribution is 0.159. The van der Waals surface area contributed by atoms with Crippen LogP contribution in [-0.2, 0) is 17.7 Å². The van der Waals surface area contributed by atoms with Crippen LogP contribution in [0, 0.1) is 12.8 Å². The summed E-state index contributed by atoms with van der Waals surface area (Å²) in [6, 6.07) is 3.17. The van der Waals surface area contributed by atoms with Crippen molar-refractivity contribution >= 4 is 5.82 Å². The molecule has 1 fully saturated rings. The summed E-state index contributed by atoms with van der Waals surface area (Å²) in [7, 11) is 1.64. The van der Waals surface area contributed by atoms with Crippen LogP contribution in [0.15, 0.2) is 24.7 Å². The Hall–Kier alpha value is -2.91. The zero-order chi connectivity index (χ0) is 22.9. The highest BCUT2D eigenvalue weighted by molar-refractivity contribution is 5.71. The Bertz CT molecular complexity index is 1110. The third kappa shape index (κ3) is 4.47. The molecule has 0 radical (unpaired) electrons. The molecule has 0 aliphatic carbocycles. The summed E-state index contributed by atoms with van der Waals surface area (Å²) in [5.74, 6) is 2.21. The van der Waals surface area contributed by atoms with Crippen LogP contribution in [0.25, 0.3) is 16.9 Å². The third-order valence-corrected chi connectivity index (χ3v) is 6.57. The quantitative estimate of drug-likeness (QED) is 0.616. The molecule has 176 valence electrons. The Labute approximate surface area is 194 Å². The minimum atomic E-state index is 0.455. The van der Waals surface area contributed by atoms with Gasteiger partial charge in [-0.25, -0.2) is 9.67 Å². The molecule has 9 nitrogen and oxygen atoms in total. The van der Waals surface area contributed by atoms with Crippen molar-refractivity contribution in [2.45, 2.75) is 58.7 Å². The topological polar surface area (TPSA) is 91.1 Å². The van der Waals surface area contributed by atoms with Crippen molar-refractivity contribution in [1.29, 1.82) is 0 Å². The highest BCUT2D eigenvalue weighted by Crippen LogP contribution is 2.34. The highest BCUT2D eigenvalue weighted by atomic mass is 16.5. The number of fused-ring (bicyclic) bond motifs is 1. The van der Waals surface area contributed by atoms with E-state index in [0.717, 1.165) is 46.9 Å². The summed E-state index contributed by atoms with van der Waals surface area (Å²) in [5, 5.41) is 16.7. The molecule has 0 spiro atoms. The minimum absolute atomic E-state index is 0.455. The highest BCUT2D eigenvalue weighted by Gasteiger charge is 2.25. The minimum Gasteiger partial charge on any atom is -0.481 e. The zero-order valence-electron chi connectivity index (χ0n) is 19.8. The number of nitrogens with zero attached hydrogens (tertiary/aromatic N) is 5. The maximum atomic E-state index is 5.69. The van der Waals surface area contributed by atoms with Crippen molar-refractivity contribution in [2.75, 3.05) is 25.8 Å². The van der Waals surface area contributed by atoms with Crippen molar-refractivity contribution in [3.8, 4) is 22.8 Å². The monoisotopic (exact) mass is 451 g/mol. The van der Waals surface area contributed by atoms with Gasteiger partial charge in [0.15, 0.2) is 0 Å². The number of ether oxygens (including phenoxy) is 2. The number of hydrogen-bond acceptors (Lipinski definition) is 7. The van der Waals surface area contributed by atoms with E-state index in [9.17, 15) is 0 Å². The van der Waals surface area contributed by atoms with E-state index >= 15 is 0 Å². The van der Waals surface area contributed by atoms with E-state index in [0.29, 0.717) is 37.2 Å². The Morgan fingerprint density at radius 2 is 2.03 bits per heavy atom. The normalized spacial score (nSPS) is 23.0. The fourth-order valence-electron chi connectivity index (χ4n) is 5.25. The maximum Gasteiger partial charge on any atom is 0.215 e. The molecule has 0 amide bonds. The summed E-state index contributed by atoms with van der Waals surface area (Å²) in [6.45, 7) is 8.55. The first-order chi connectivity index (χ1) is 16.0. The van der Waals surface area contributed by atoms with Crippen LogP contribution in [0.4, 0.5) is 5.82 Å². The van der Waals surface area contributed by atoms with Gasteiger partial charge in [-0.2, -0.15) is 10.2 Å². The summed E-state index contributed by atoms with van der Waals surface area (Å²) in [5.41, 5.74) is 4.94. The number of piperidine rings is 1. The molecule has 0 bridgehead atoms. The number of anilines is 1. The van der Waals surface area contributed by atoms with Crippen LogP contribution in [0.2, 0.25) is 0 Å². The van der Waals surface area contributed by atoms with Gasteiger partial charge in [0.2, 0.25) is 5.88 Å². The largest absolute Gasteiger partial charge is 0.481 e. The van der Waals surface area contributed by atoms with E-state index in [1.54, 1.807) is 7.11 Å². The third-order valence-electron chi connectivity index (χ3n) is 6.57. The molecule has 3 aromatic rings. The number of nitrogens with one attached hydrogen (secondary N) is 2. The van der Waals surface area contributed by atoms with Gasteiger partial charge in [0, 0.05) is 47.9 Å². The molecule has 2 N–H and O–H groups in total. The molecule has 33 heavy (non-hydrogen) atoms. The molecule has 2 aliphatic heterocycles. The molecule has 1 unspecified atom stereocenters. The van der Waals surface area contributed by atoms with Gasteiger partial charge in [-0.15, -0.1) is 0 Å². The van der Waals surface area contributed by atoms with Crippen molar-refractivity contribution in [2.24, 2.45) is 5.92 Å². The molecule has 0 aromatic carbocycles. The van der Waals surface area contributed by atoms with Gasteiger partial charge in [0.1, 0.15) is 18.2 Å². The lowest BCUT2D eigenvalue weighted by atomic mass is 9.89. The average molecular weight is 452 g/mol. The molecular formula is C24H33N7O2. The number of aryl methyl sites for hydroxylation is 1. The first kappa shape index (κ1) is 21.9. The van der Waals surface area contributed by atoms with Crippen LogP contribution in [-0.4, -0.2) is 57.1 Å². The van der Waals surface area contributed by atoms with Gasteiger partial charge in [0.05, 0.1) is 31.8 Å². The van der Waals surface area contributed by atoms with E-state index in [4.69, 9.17) is 14.6 Å². The first-order valence-electron chi connectivity index (χ1n) is 11.7. The summed E-state index contributed by atoms with van der Waals surface area (Å²) < 4.78 is 15.0. The van der Waals surface area contributed by atoms with Crippen molar-refractivity contribution in [3.05, 3.63) is 35.8 Å². The van der Waals surface area contributed by atoms with E-state index < -0.39 is 0 Å². The van der Waals surface area contributed by atoms with Crippen molar-refractivity contribution < 1.29 is 9.47 Å². The number of methoxy groups -OCH3 is 1. The molecule has 5 rings (SSSR count). The molecule has 2 aliphatic rings. The molecule has 0 saturated carbocycles. The zero-order valence-corrected chi connectivity index (χ0v) is 19.8. The molecule has 9 heteroatoms. The molecule has 1 saturated heterocycles. The Morgan fingerprint density at radius 1 is 1.21 bits per heavy atom. The van der Waals surface area contributed by atoms with Crippen LogP contribution in [0.5, 0.6) is 5.88 Å². The van der Waals surface area contributed by atoms with Crippen LogP contribution < -0.4 is 15.4 Å². The number of hydrogen-bond donors (Lipinski definition) is 2. The second-order valence-corrected chi connectivity index (χ2v) is 9.34. The Morgan fingerprint density at radius 3 is 2.79 bits per heavy atom. The molecule has 3 atom stereocenters. The van der Waals surface area contributed by atoms with E-state index in [-0.39, 0.29) is 0 Å². The molecular weight excluding hydrogens is 418 g/mol. The SMILES string of the molecule is COc1ncc(-c2nn(-c3cnn(CC4C[C@@H](C)N[C@@H](C)C4)c3)c3c2CCOCN3)cc1C. The van der Waals surface area contributed by atoms with Crippen LogP contribution in [0.1, 0.15) is 37.8 Å². The fraction of sp³-hybridized carbons (Fsp3) is 0.542. The predicted octanol–water partition coefficient (Wildman–Crippen LogP) is 3.17. The second kappa shape index (κ2) is 9.15. The van der Waals surface area contributed by atoms with Crippen LogP contribution >= 0.6 is 0 Å². The van der Waals surface area contributed by atoms with E-state index in [2.05, 4.69) is 51.5 Å². The summed E-state index contributed by atoms with van der Waals surface area (Å²) in [6.07, 6.45) is 8.94.